The van der Waals surface area contributed by atoms with Gasteiger partial charge in [-0.15, -0.1) is 0 Å². The van der Waals surface area contributed by atoms with Crippen molar-refractivity contribution in [2.75, 3.05) is 0 Å². The summed E-state index contributed by atoms with van der Waals surface area (Å²) in [6.07, 6.45) is 0.465. The summed E-state index contributed by atoms with van der Waals surface area (Å²) in [6.45, 7) is 6.05. The molecule has 0 fully saturated rings. The number of hydrogen-bond donors (Lipinski definition) is 0. The Morgan fingerprint density at radius 3 is 2.40 bits per heavy atom. The molecule has 1 nitrogen and oxygen atoms in total. The van der Waals surface area contributed by atoms with Crippen molar-refractivity contribution in [1.82, 2.24) is 0 Å². The van der Waals surface area contributed by atoms with Gasteiger partial charge in [-0.3, -0.25) is 4.79 Å². The average molecular weight is 245 g/mol. The third-order valence-corrected chi connectivity index (χ3v) is 2.76. The molecule has 0 bridgehead atoms. The smallest absolute Gasteiger partial charge is 0.164 e. The van der Waals surface area contributed by atoms with Crippen molar-refractivity contribution in [2.45, 2.75) is 27.2 Å². The average Bonchev–Trinajstić information content (AvgIpc) is 2.06. The Hall–Kier alpha value is -0.530. The van der Waals surface area contributed by atoms with Gasteiger partial charge in [-0.05, 0) is 17.5 Å². The summed E-state index contributed by atoms with van der Waals surface area (Å²) in [7, 11) is 0. The summed E-state index contributed by atoms with van der Waals surface area (Å²) in [6, 6.07) is 5.13. The Bertz CT molecular complexity index is 378. The minimum atomic E-state index is -0.0390. The van der Waals surface area contributed by atoms with E-state index in [4.69, 9.17) is 23.2 Å². The van der Waals surface area contributed by atoms with Crippen molar-refractivity contribution in [3.8, 4) is 0 Å². The molecule has 0 atom stereocenters. The Morgan fingerprint density at radius 1 is 1.27 bits per heavy atom. The molecule has 0 amide bonds. The van der Waals surface area contributed by atoms with Gasteiger partial charge < -0.3 is 0 Å². The molecule has 82 valence electrons. The number of benzene rings is 1. The highest BCUT2D eigenvalue weighted by Crippen LogP contribution is 2.29. The van der Waals surface area contributed by atoms with Crippen LogP contribution in [0.15, 0.2) is 18.2 Å². The predicted octanol–water partition coefficient (Wildman–Crippen LogP) is 4.61. The van der Waals surface area contributed by atoms with Gasteiger partial charge in [0, 0.05) is 12.0 Å². The van der Waals surface area contributed by atoms with E-state index in [2.05, 4.69) is 0 Å². The molecule has 1 aromatic rings. The molecule has 0 N–H and O–H groups in total. The molecule has 0 aliphatic heterocycles. The van der Waals surface area contributed by atoms with Crippen molar-refractivity contribution in [3.05, 3.63) is 33.8 Å². The lowest BCUT2D eigenvalue weighted by molar-refractivity contribution is 0.0940. The molecule has 0 radical (unpaired) electrons. The fourth-order valence-corrected chi connectivity index (χ4v) is 1.70. The van der Waals surface area contributed by atoms with Crippen LogP contribution in [0, 0.1) is 5.41 Å². The van der Waals surface area contributed by atoms with E-state index < -0.39 is 0 Å². The van der Waals surface area contributed by atoms with E-state index in [9.17, 15) is 4.79 Å². The minimum absolute atomic E-state index is 0.0370. The lowest BCUT2D eigenvalue weighted by Gasteiger charge is -2.17. The molecule has 0 saturated carbocycles. The van der Waals surface area contributed by atoms with Crippen molar-refractivity contribution in [2.24, 2.45) is 5.41 Å². The number of carbonyl (C=O) groups is 1. The summed E-state index contributed by atoms with van der Waals surface area (Å²) in [4.78, 5) is 11.9. The molecule has 0 spiro atoms. The Morgan fingerprint density at radius 2 is 1.87 bits per heavy atom. The van der Waals surface area contributed by atoms with Gasteiger partial charge in [0.2, 0.25) is 0 Å². The zero-order chi connectivity index (χ0) is 11.6. The van der Waals surface area contributed by atoms with Gasteiger partial charge in [-0.2, -0.15) is 0 Å². The summed E-state index contributed by atoms with van der Waals surface area (Å²) in [5.41, 5.74) is 0.474. The molecular weight excluding hydrogens is 231 g/mol. The van der Waals surface area contributed by atoms with Gasteiger partial charge in [-0.25, -0.2) is 0 Å². The summed E-state index contributed by atoms with van der Waals surface area (Å²) >= 11 is 11.8. The maximum atomic E-state index is 11.9. The molecule has 0 aliphatic carbocycles. The normalized spacial score (nSPS) is 11.5. The first-order valence-electron chi connectivity index (χ1n) is 4.78. The minimum Gasteiger partial charge on any atom is -0.294 e. The molecule has 0 heterocycles. The van der Waals surface area contributed by atoms with Gasteiger partial charge in [0.25, 0.3) is 0 Å². The Labute approximate surface area is 100 Å². The lowest BCUT2D eigenvalue weighted by atomic mass is 9.88. The number of carbonyl (C=O) groups excluding carboxylic acids is 1. The highest BCUT2D eigenvalue weighted by Gasteiger charge is 2.19. The van der Waals surface area contributed by atoms with E-state index in [1.54, 1.807) is 18.2 Å². The van der Waals surface area contributed by atoms with Crippen molar-refractivity contribution in [3.63, 3.8) is 0 Å². The largest absolute Gasteiger partial charge is 0.294 e. The van der Waals surface area contributed by atoms with E-state index in [0.29, 0.717) is 22.0 Å². The standard InChI is InChI=1S/C12H14Cl2O/c1-12(2,3)7-10(15)8-5-4-6-9(13)11(8)14/h4-6H,7H2,1-3H3. The number of halogens is 2. The predicted molar refractivity (Wildman–Crippen MR) is 64.9 cm³/mol. The van der Waals surface area contributed by atoms with E-state index in [1.807, 2.05) is 20.8 Å². The van der Waals surface area contributed by atoms with Crippen LogP contribution >= 0.6 is 23.2 Å². The second-order valence-corrected chi connectivity index (χ2v) is 5.55. The van der Waals surface area contributed by atoms with Crippen molar-refractivity contribution < 1.29 is 4.79 Å². The highest BCUT2D eigenvalue weighted by molar-refractivity contribution is 6.43. The lowest BCUT2D eigenvalue weighted by Crippen LogP contribution is -2.13. The molecule has 0 aliphatic rings. The number of rotatable bonds is 2. The number of ketones is 1. The van der Waals surface area contributed by atoms with Crippen LogP contribution in [-0.2, 0) is 0 Å². The topological polar surface area (TPSA) is 17.1 Å². The van der Waals surface area contributed by atoms with Gasteiger partial charge in [0.05, 0.1) is 10.0 Å². The third-order valence-electron chi connectivity index (χ3n) is 1.94. The molecular formula is C12H14Cl2O. The van der Waals surface area contributed by atoms with E-state index in [1.165, 1.54) is 0 Å². The molecule has 0 aromatic heterocycles. The van der Waals surface area contributed by atoms with E-state index in [-0.39, 0.29) is 11.2 Å². The first-order chi connectivity index (χ1) is 6.81. The molecule has 1 rings (SSSR count). The van der Waals surface area contributed by atoms with Crippen LogP contribution in [0.2, 0.25) is 10.0 Å². The van der Waals surface area contributed by atoms with Gasteiger partial charge in [-0.1, -0.05) is 50.0 Å². The first-order valence-corrected chi connectivity index (χ1v) is 5.54. The van der Waals surface area contributed by atoms with Crippen LogP contribution in [0.4, 0.5) is 0 Å². The van der Waals surface area contributed by atoms with E-state index in [0.717, 1.165) is 0 Å². The van der Waals surface area contributed by atoms with Crippen LogP contribution in [-0.4, -0.2) is 5.78 Å². The molecule has 3 heteroatoms. The first kappa shape index (κ1) is 12.5. The van der Waals surface area contributed by atoms with Crippen molar-refractivity contribution >= 4 is 29.0 Å². The number of hydrogen-bond acceptors (Lipinski definition) is 1. The van der Waals surface area contributed by atoms with Crippen LogP contribution in [0.1, 0.15) is 37.6 Å². The molecule has 1 aromatic carbocycles. The monoisotopic (exact) mass is 244 g/mol. The van der Waals surface area contributed by atoms with Gasteiger partial charge in [0.15, 0.2) is 5.78 Å². The molecule has 15 heavy (non-hydrogen) atoms. The summed E-state index contributed by atoms with van der Waals surface area (Å²) in [5.74, 6) is 0.0370. The van der Waals surface area contributed by atoms with E-state index >= 15 is 0 Å². The second-order valence-electron chi connectivity index (χ2n) is 4.76. The summed E-state index contributed by atoms with van der Waals surface area (Å²) in [5, 5.41) is 0.782. The van der Waals surface area contributed by atoms with Crippen LogP contribution in [0.5, 0.6) is 0 Å². The fraction of sp³-hybridized carbons (Fsp3) is 0.417. The second kappa shape index (κ2) is 4.54. The quantitative estimate of drug-likeness (QED) is 0.695. The molecule has 0 saturated heterocycles. The van der Waals surface area contributed by atoms with Crippen molar-refractivity contribution in [1.29, 1.82) is 0 Å². The zero-order valence-corrected chi connectivity index (χ0v) is 10.6. The zero-order valence-electron chi connectivity index (χ0n) is 9.10. The Kier molecular flexibility index (Phi) is 3.80. The highest BCUT2D eigenvalue weighted by atomic mass is 35.5. The van der Waals surface area contributed by atoms with Crippen LogP contribution in [0.3, 0.4) is 0 Å². The summed E-state index contributed by atoms with van der Waals surface area (Å²) < 4.78 is 0. The Balaban J connectivity index is 2.97. The molecule has 0 unspecified atom stereocenters. The SMILES string of the molecule is CC(C)(C)CC(=O)c1cccc(Cl)c1Cl. The van der Waals surface area contributed by atoms with Gasteiger partial charge in [0.1, 0.15) is 0 Å². The fourth-order valence-electron chi connectivity index (χ4n) is 1.30. The van der Waals surface area contributed by atoms with Crippen LogP contribution < -0.4 is 0 Å². The third kappa shape index (κ3) is 3.51. The van der Waals surface area contributed by atoms with Gasteiger partial charge >= 0.3 is 0 Å². The van der Waals surface area contributed by atoms with Crippen LogP contribution in [0.25, 0.3) is 0 Å². The number of Topliss-reactive ketones (excluding diaryl/α,β-unsaturated/α-hetero) is 1. The maximum absolute atomic E-state index is 11.9. The maximum Gasteiger partial charge on any atom is 0.164 e.